The first kappa shape index (κ1) is 14.5. The van der Waals surface area contributed by atoms with Crippen LogP contribution in [0.2, 0.25) is 0 Å². The molecular formula is C13H9F3N2O3S. The van der Waals surface area contributed by atoms with Gasteiger partial charge in [-0.1, -0.05) is 18.2 Å². The zero-order valence-corrected chi connectivity index (χ0v) is 11.6. The third-order valence-corrected chi connectivity index (χ3v) is 4.25. The molecule has 22 heavy (non-hydrogen) atoms. The number of benzene rings is 2. The predicted molar refractivity (Wildman–Crippen MR) is 74.2 cm³/mol. The van der Waals surface area contributed by atoms with Gasteiger partial charge >= 0.3 is 16.6 Å². The fourth-order valence-corrected chi connectivity index (χ4v) is 3.49. The number of para-hydroxylation sites is 2. The average molecular weight is 330 g/mol. The Morgan fingerprint density at radius 1 is 1.05 bits per heavy atom. The molecule has 0 spiro atoms. The molecule has 2 aromatic carbocycles. The molecule has 1 N–H and O–H groups in total. The van der Waals surface area contributed by atoms with Crippen molar-refractivity contribution in [3.05, 3.63) is 48.5 Å². The van der Waals surface area contributed by atoms with Gasteiger partial charge in [0.2, 0.25) is 0 Å². The second kappa shape index (κ2) is 4.80. The Kier molecular flexibility index (Phi) is 3.17. The van der Waals surface area contributed by atoms with Crippen LogP contribution in [-0.2, 0) is 10.2 Å². The van der Waals surface area contributed by atoms with Gasteiger partial charge in [-0.05, 0) is 24.3 Å². The van der Waals surface area contributed by atoms with Crippen molar-refractivity contribution in [1.82, 2.24) is 0 Å². The van der Waals surface area contributed by atoms with Crippen LogP contribution in [0.25, 0.3) is 0 Å². The average Bonchev–Trinajstić information content (AvgIpc) is 2.66. The highest BCUT2D eigenvalue weighted by Crippen LogP contribution is 2.41. The van der Waals surface area contributed by atoms with Gasteiger partial charge in [-0.3, -0.25) is 4.72 Å². The van der Waals surface area contributed by atoms with Gasteiger partial charge in [0.15, 0.2) is 0 Å². The summed E-state index contributed by atoms with van der Waals surface area (Å²) >= 11 is 0. The molecule has 5 nitrogen and oxygen atoms in total. The number of nitrogens with one attached hydrogen (secondary N) is 1. The van der Waals surface area contributed by atoms with Crippen molar-refractivity contribution in [2.24, 2.45) is 0 Å². The summed E-state index contributed by atoms with van der Waals surface area (Å²) in [5, 5.41) is 0. The minimum atomic E-state index is -4.85. The lowest BCUT2D eigenvalue weighted by molar-refractivity contribution is -0.274. The van der Waals surface area contributed by atoms with E-state index in [0.717, 1.165) is 16.4 Å². The lowest BCUT2D eigenvalue weighted by Crippen LogP contribution is -2.25. The molecule has 9 heteroatoms. The van der Waals surface area contributed by atoms with Gasteiger partial charge in [-0.25, -0.2) is 4.31 Å². The van der Waals surface area contributed by atoms with Crippen LogP contribution < -0.4 is 13.8 Å². The van der Waals surface area contributed by atoms with Crippen molar-refractivity contribution >= 4 is 27.3 Å². The van der Waals surface area contributed by atoms with E-state index < -0.39 is 22.3 Å². The number of ether oxygens (including phenoxy) is 1. The summed E-state index contributed by atoms with van der Waals surface area (Å²) in [4.78, 5) is 0. The molecule has 0 aliphatic carbocycles. The van der Waals surface area contributed by atoms with E-state index in [4.69, 9.17) is 0 Å². The predicted octanol–water partition coefficient (Wildman–Crippen LogP) is 3.39. The molecule has 0 aromatic heterocycles. The molecular weight excluding hydrogens is 321 g/mol. The normalized spacial score (nSPS) is 16.0. The standard InChI is InChI=1S/C13H9F3N2O3S/c14-13(15,16)21-10-5-3-4-9(8-10)18-12-7-2-1-6-11(12)17-22(18,19)20/h1-8,17H. The minimum absolute atomic E-state index is 0.0409. The van der Waals surface area contributed by atoms with Crippen LogP contribution in [0, 0.1) is 0 Å². The summed E-state index contributed by atoms with van der Waals surface area (Å²) in [5.41, 5.74) is 0.718. The zero-order chi connectivity index (χ0) is 16.0. The van der Waals surface area contributed by atoms with E-state index in [9.17, 15) is 21.6 Å². The number of fused-ring (bicyclic) bond motifs is 1. The number of alkyl halides is 3. The van der Waals surface area contributed by atoms with Gasteiger partial charge in [-0.15, -0.1) is 13.2 Å². The number of hydrogen-bond acceptors (Lipinski definition) is 3. The summed E-state index contributed by atoms with van der Waals surface area (Å²) in [7, 11) is -3.91. The third kappa shape index (κ3) is 2.67. The molecule has 1 heterocycles. The molecule has 0 saturated heterocycles. The van der Waals surface area contributed by atoms with Crippen LogP contribution in [-0.4, -0.2) is 14.8 Å². The lowest BCUT2D eigenvalue weighted by atomic mass is 10.2. The summed E-state index contributed by atoms with van der Waals surface area (Å²) in [5.74, 6) is -0.496. The van der Waals surface area contributed by atoms with E-state index in [1.807, 2.05) is 0 Å². The van der Waals surface area contributed by atoms with Crippen molar-refractivity contribution in [1.29, 1.82) is 0 Å². The number of anilines is 3. The minimum Gasteiger partial charge on any atom is -0.406 e. The van der Waals surface area contributed by atoms with Crippen LogP contribution in [0.4, 0.5) is 30.2 Å². The Balaban J connectivity index is 2.06. The molecule has 0 unspecified atom stereocenters. The Morgan fingerprint density at radius 2 is 1.77 bits per heavy atom. The van der Waals surface area contributed by atoms with E-state index in [0.29, 0.717) is 11.4 Å². The van der Waals surface area contributed by atoms with Crippen LogP contribution in [0.5, 0.6) is 5.75 Å². The fourth-order valence-electron chi connectivity index (χ4n) is 2.14. The fraction of sp³-hybridized carbons (Fsp3) is 0.0769. The van der Waals surface area contributed by atoms with Crippen molar-refractivity contribution in [2.75, 3.05) is 9.03 Å². The van der Waals surface area contributed by atoms with Crippen LogP contribution in [0.1, 0.15) is 0 Å². The maximum absolute atomic E-state index is 12.3. The lowest BCUT2D eigenvalue weighted by Gasteiger charge is -2.18. The highest BCUT2D eigenvalue weighted by Gasteiger charge is 2.35. The summed E-state index contributed by atoms with van der Waals surface area (Å²) in [6.07, 6.45) is -4.85. The molecule has 0 amide bonds. The number of halogens is 3. The van der Waals surface area contributed by atoms with E-state index in [-0.39, 0.29) is 5.69 Å². The highest BCUT2D eigenvalue weighted by molar-refractivity contribution is 7.95. The molecule has 0 atom stereocenters. The molecule has 0 saturated carbocycles. The van der Waals surface area contributed by atoms with Gasteiger partial charge in [0.1, 0.15) is 5.75 Å². The first-order valence-corrected chi connectivity index (χ1v) is 7.48. The quantitative estimate of drug-likeness (QED) is 0.918. The Labute approximate surface area is 124 Å². The van der Waals surface area contributed by atoms with Gasteiger partial charge in [-0.2, -0.15) is 8.42 Å². The van der Waals surface area contributed by atoms with E-state index >= 15 is 0 Å². The molecule has 2 aromatic rings. The van der Waals surface area contributed by atoms with Gasteiger partial charge < -0.3 is 4.74 Å². The molecule has 0 radical (unpaired) electrons. The van der Waals surface area contributed by atoms with Crippen LogP contribution >= 0.6 is 0 Å². The smallest absolute Gasteiger partial charge is 0.406 e. The molecule has 1 aliphatic heterocycles. The van der Waals surface area contributed by atoms with Crippen molar-refractivity contribution in [2.45, 2.75) is 6.36 Å². The summed E-state index contributed by atoms with van der Waals surface area (Å²) in [6.45, 7) is 0. The zero-order valence-electron chi connectivity index (χ0n) is 10.8. The number of nitrogens with zero attached hydrogens (tertiary/aromatic N) is 1. The largest absolute Gasteiger partial charge is 0.573 e. The van der Waals surface area contributed by atoms with Gasteiger partial charge in [0.25, 0.3) is 0 Å². The summed E-state index contributed by atoms with van der Waals surface area (Å²) in [6, 6.07) is 11.1. The monoisotopic (exact) mass is 330 g/mol. The first-order valence-electron chi connectivity index (χ1n) is 6.04. The van der Waals surface area contributed by atoms with Crippen molar-refractivity contribution < 1.29 is 26.3 Å². The molecule has 3 rings (SSSR count). The maximum atomic E-state index is 12.3. The maximum Gasteiger partial charge on any atom is 0.573 e. The van der Waals surface area contributed by atoms with Crippen LogP contribution in [0.3, 0.4) is 0 Å². The van der Waals surface area contributed by atoms with E-state index in [1.165, 1.54) is 12.1 Å². The second-order valence-electron chi connectivity index (χ2n) is 4.43. The highest BCUT2D eigenvalue weighted by atomic mass is 32.2. The van der Waals surface area contributed by atoms with Crippen molar-refractivity contribution in [3.8, 4) is 5.75 Å². The Morgan fingerprint density at radius 3 is 2.50 bits per heavy atom. The Hall–Kier alpha value is -2.42. The van der Waals surface area contributed by atoms with Crippen LogP contribution in [0.15, 0.2) is 48.5 Å². The third-order valence-electron chi connectivity index (χ3n) is 2.89. The first-order chi connectivity index (χ1) is 10.3. The van der Waals surface area contributed by atoms with Crippen molar-refractivity contribution in [3.63, 3.8) is 0 Å². The topological polar surface area (TPSA) is 58.6 Å². The number of hydrogen-bond donors (Lipinski definition) is 1. The second-order valence-corrected chi connectivity index (χ2v) is 5.95. The van der Waals surface area contributed by atoms with Gasteiger partial charge in [0, 0.05) is 6.07 Å². The summed E-state index contributed by atoms with van der Waals surface area (Å²) < 4.78 is 68.2. The van der Waals surface area contributed by atoms with E-state index in [1.54, 1.807) is 24.3 Å². The molecule has 1 aliphatic rings. The van der Waals surface area contributed by atoms with E-state index in [2.05, 4.69) is 9.46 Å². The number of rotatable bonds is 2. The van der Waals surface area contributed by atoms with Gasteiger partial charge in [0.05, 0.1) is 17.1 Å². The Bertz CT molecular complexity index is 821. The molecule has 116 valence electrons. The molecule has 0 bridgehead atoms. The molecule has 0 fully saturated rings. The SMILES string of the molecule is O=S1(=O)Nc2ccccc2N1c1cccc(OC(F)(F)F)c1.